The summed E-state index contributed by atoms with van der Waals surface area (Å²) < 4.78 is 33.8. The lowest BCUT2D eigenvalue weighted by molar-refractivity contribution is -0.139. The van der Waals surface area contributed by atoms with E-state index < -0.39 is 34.5 Å². The summed E-state index contributed by atoms with van der Waals surface area (Å²) in [4.78, 5) is 37.7. The van der Waals surface area contributed by atoms with Crippen LogP contribution in [-0.4, -0.2) is 83.7 Å². The number of fused-ring (bicyclic) bond motifs is 1. The van der Waals surface area contributed by atoms with Gasteiger partial charge in [-0.15, -0.1) is 0 Å². The van der Waals surface area contributed by atoms with Crippen molar-refractivity contribution in [1.29, 1.82) is 0 Å². The first-order valence-electron chi connectivity index (χ1n) is 15.9. The monoisotopic (exact) mass is 645 g/mol. The van der Waals surface area contributed by atoms with Gasteiger partial charge in [0.25, 0.3) is 0 Å². The molecule has 12 nitrogen and oxygen atoms in total. The Hall–Kier alpha value is -3.26. The lowest BCUT2D eigenvalue weighted by Crippen LogP contribution is -2.50. The van der Waals surface area contributed by atoms with Crippen LogP contribution in [0.25, 0.3) is 10.8 Å². The number of sulfonamides is 1. The zero-order valence-electron chi connectivity index (χ0n) is 26.0. The highest BCUT2D eigenvalue weighted by atomic mass is 32.2. The van der Waals surface area contributed by atoms with Crippen molar-refractivity contribution in [2.75, 3.05) is 46.4 Å². The van der Waals surface area contributed by atoms with Crippen LogP contribution < -0.4 is 30.7 Å². The highest BCUT2D eigenvalue weighted by molar-refractivity contribution is 7.89. The predicted molar refractivity (Wildman–Crippen MR) is 171 cm³/mol. The summed E-state index contributed by atoms with van der Waals surface area (Å²) in [6.07, 6.45) is 7.92. The molecule has 0 aliphatic carbocycles. The number of carboxylic acid groups (broad SMARTS) is 1. The maximum Gasteiger partial charge on any atom is 0.323 e. The first kappa shape index (κ1) is 34.6. The van der Waals surface area contributed by atoms with Crippen molar-refractivity contribution in [3.8, 4) is 5.75 Å². The third-order valence-electron chi connectivity index (χ3n) is 8.99. The molecule has 2 aliphatic rings. The Morgan fingerprint density at radius 1 is 0.933 bits per heavy atom. The summed E-state index contributed by atoms with van der Waals surface area (Å²) in [6, 6.07) is 7.95. The van der Waals surface area contributed by atoms with Crippen molar-refractivity contribution in [3.63, 3.8) is 0 Å². The first-order chi connectivity index (χ1) is 21.7. The predicted octanol–water partition coefficient (Wildman–Crippen LogP) is 1.99. The van der Waals surface area contributed by atoms with Crippen molar-refractivity contribution >= 4 is 38.6 Å². The molecule has 0 aromatic heterocycles. The fraction of sp³-hybridized carbons (Fsp3) is 0.594. The van der Waals surface area contributed by atoms with E-state index in [4.69, 9.17) is 4.74 Å². The van der Waals surface area contributed by atoms with E-state index in [0.717, 1.165) is 77.5 Å². The van der Waals surface area contributed by atoms with Gasteiger partial charge in [-0.3, -0.25) is 14.4 Å². The van der Waals surface area contributed by atoms with E-state index in [1.165, 1.54) is 13.2 Å². The van der Waals surface area contributed by atoms with Gasteiger partial charge in [-0.2, -0.15) is 4.72 Å². The molecular weight excluding hydrogens is 598 g/mol. The molecule has 0 bridgehead atoms. The zero-order chi connectivity index (χ0) is 32.2. The maximum absolute atomic E-state index is 13.2. The van der Waals surface area contributed by atoms with E-state index in [1.54, 1.807) is 30.3 Å². The number of methoxy groups -OCH3 is 1. The zero-order valence-corrected chi connectivity index (χ0v) is 26.8. The van der Waals surface area contributed by atoms with Crippen molar-refractivity contribution in [1.82, 2.24) is 26.0 Å². The van der Waals surface area contributed by atoms with Crippen molar-refractivity contribution in [2.45, 2.75) is 62.3 Å². The van der Waals surface area contributed by atoms with Crippen LogP contribution in [0.5, 0.6) is 5.75 Å². The Morgan fingerprint density at radius 3 is 2.13 bits per heavy atom. The Balaban J connectivity index is 1.31. The van der Waals surface area contributed by atoms with E-state index in [0.29, 0.717) is 28.4 Å². The van der Waals surface area contributed by atoms with Crippen LogP contribution in [0, 0.1) is 17.8 Å². The standard InChI is InChI=1S/C32H47N5O7S/c1-44-26-9-10-27-25(19-26)3-2-4-29(27)45(42,43)37-28(32(40)41)20-35-30(38)21-36-31(39)24(7-5-22-11-15-33-16-12-22)8-6-23-13-17-34-18-14-23/h2-4,9-10,19,22-24,28,33-34,37H,5-8,11-18,20-21H2,1H3,(H,35,38)(H,36,39)(H,40,41)/t28-/m0/s1. The molecule has 2 aromatic rings. The molecule has 2 fully saturated rings. The van der Waals surface area contributed by atoms with Crippen LogP contribution in [-0.2, 0) is 24.4 Å². The molecule has 0 radical (unpaired) electrons. The van der Waals surface area contributed by atoms with E-state index >= 15 is 0 Å². The SMILES string of the molecule is COc1ccc2c(S(=O)(=O)N[C@@H](CNC(=O)CNC(=O)C(CCC3CCNCC3)CCC3CCNCC3)C(=O)O)cccc2c1. The van der Waals surface area contributed by atoms with Gasteiger partial charge in [-0.25, -0.2) is 8.42 Å². The molecule has 0 saturated carbocycles. The van der Waals surface area contributed by atoms with E-state index in [9.17, 15) is 27.9 Å². The van der Waals surface area contributed by atoms with Gasteiger partial charge >= 0.3 is 5.97 Å². The topological polar surface area (TPSA) is 175 Å². The lowest BCUT2D eigenvalue weighted by Gasteiger charge is -2.27. The molecule has 45 heavy (non-hydrogen) atoms. The Kier molecular flexibility index (Phi) is 13.0. The Labute approximate surface area is 265 Å². The fourth-order valence-corrected chi connectivity index (χ4v) is 7.65. The number of carbonyl (C=O) groups is 3. The minimum Gasteiger partial charge on any atom is -0.497 e. The molecule has 6 N–H and O–H groups in total. The van der Waals surface area contributed by atoms with Crippen LogP contribution in [0.2, 0.25) is 0 Å². The number of hydrogen-bond donors (Lipinski definition) is 6. The first-order valence-corrected chi connectivity index (χ1v) is 17.4. The number of amides is 2. The molecule has 248 valence electrons. The lowest BCUT2D eigenvalue weighted by atomic mass is 9.84. The number of carbonyl (C=O) groups excluding carboxylic acids is 2. The largest absolute Gasteiger partial charge is 0.497 e. The van der Waals surface area contributed by atoms with Gasteiger partial charge < -0.3 is 31.1 Å². The summed E-state index contributed by atoms with van der Waals surface area (Å²) in [6.45, 7) is 3.20. The third-order valence-corrected chi connectivity index (χ3v) is 10.5. The molecule has 2 aliphatic heterocycles. The Morgan fingerprint density at radius 2 is 1.56 bits per heavy atom. The summed E-state index contributed by atoms with van der Waals surface area (Å²) >= 11 is 0. The van der Waals surface area contributed by atoms with Gasteiger partial charge in [-0.05, 0) is 119 Å². The number of aliphatic carboxylic acids is 1. The molecule has 2 aromatic carbocycles. The van der Waals surface area contributed by atoms with Gasteiger partial charge in [-0.1, -0.05) is 12.1 Å². The minimum atomic E-state index is -4.27. The van der Waals surface area contributed by atoms with Crippen molar-refractivity contribution in [3.05, 3.63) is 36.4 Å². The molecule has 0 spiro atoms. The van der Waals surface area contributed by atoms with Crippen molar-refractivity contribution < 1.29 is 32.6 Å². The second kappa shape index (κ2) is 16.9. The van der Waals surface area contributed by atoms with E-state index in [1.807, 2.05) is 0 Å². The van der Waals surface area contributed by atoms with Gasteiger partial charge in [0.2, 0.25) is 21.8 Å². The maximum atomic E-state index is 13.2. The van der Waals surface area contributed by atoms with Gasteiger partial charge in [0, 0.05) is 17.8 Å². The molecule has 2 heterocycles. The number of ether oxygens (including phenoxy) is 1. The molecule has 13 heteroatoms. The third kappa shape index (κ3) is 10.4. The highest BCUT2D eigenvalue weighted by Crippen LogP contribution is 2.28. The summed E-state index contributed by atoms with van der Waals surface area (Å²) in [7, 11) is -2.76. The van der Waals surface area contributed by atoms with Crippen LogP contribution in [0.15, 0.2) is 41.3 Å². The number of nitrogens with one attached hydrogen (secondary N) is 5. The molecule has 2 amide bonds. The summed E-state index contributed by atoms with van der Waals surface area (Å²) in [5.74, 6) is -0.660. The summed E-state index contributed by atoms with van der Waals surface area (Å²) in [5.41, 5.74) is 0. The fourth-order valence-electron chi connectivity index (χ4n) is 6.23. The van der Waals surface area contributed by atoms with Gasteiger partial charge in [0.15, 0.2) is 0 Å². The summed E-state index contributed by atoms with van der Waals surface area (Å²) in [5, 5.41) is 22.7. The van der Waals surface area contributed by atoms with Crippen LogP contribution in [0.3, 0.4) is 0 Å². The van der Waals surface area contributed by atoms with Crippen LogP contribution >= 0.6 is 0 Å². The number of benzene rings is 2. The number of piperidine rings is 2. The number of carboxylic acids is 1. The average molecular weight is 646 g/mol. The number of rotatable bonds is 16. The molecule has 1 atom stereocenters. The second-order valence-electron chi connectivity index (χ2n) is 12.1. The van der Waals surface area contributed by atoms with Crippen molar-refractivity contribution in [2.24, 2.45) is 17.8 Å². The minimum absolute atomic E-state index is 0.0903. The smallest absolute Gasteiger partial charge is 0.323 e. The van der Waals surface area contributed by atoms with Gasteiger partial charge in [0.1, 0.15) is 11.8 Å². The van der Waals surface area contributed by atoms with Crippen LogP contribution in [0.1, 0.15) is 51.4 Å². The number of hydrogen-bond acceptors (Lipinski definition) is 8. The van der Waals surface area contributed by atoms with Gasteiger partial charge in [0.05, 0.1) is 18.6 Å². The highest BCUT2D eigenvalue weighted by Gasteiger charge is 2.28. The average Bonchev–Trinajstić information content (AvgIpc) is 3.05. The normalized spacial score (nSPS) is 17.2. The quantitative estimate of drug-likeness (QED) is 0.160. The molecule has 4 rings (SSSR count). The Bertz CT molecular complexity index is 1390. The molecular formula is C32H47N5O7S. The molecule has 2 saturated heterocycles. The van der Waals surface area contributed by atoms with E-state index in [-0.39, 0.29) is 23.3 Å². The van der Waals surface area contributed by atoms with E-state index in [2.05, 4.69) is 26.0 Å². The molecule has 0 unspecified atom stereocenters. The second-order valence-corrected chi connectivity index (χ2v) is 13.8. The van der Waals surface area contributed by atoms with Crippen LogP contribution in [0.4, 0.5) is 0 Å².